The molecule has 0 bridgehead atoms. The Morgan fingerprint density at radius 2 is 2.06 bits per heavy atom. The lowest BCUT2D eigenvalue weighted by Crippen LogP contribution is -2.07. The number of nitro groups is 1. The highest BCUT2D eigenvalue weighted by molar-refractivity contribution is 5.97. The first-order valence-electron chi connectivity index (χ1n) is 4.45. The van der Waals surface area contributed by atoms with Gasteiger partial charge in [-0.15, -0.1) is 0 Å². The Hall–Kier alpha value is -2.44. The molecule has 0 amide bonds. The Bertz CT molecular complexity index is 482. The second-order valence-electron chi connectivity index (χ2n) is 2.98. The van der Waals surface area contributed by atoms with Crippen molar-refractivity contribution in [2.24, 2.45) is 0 Å². The Balaban J connectivity index is 3.50. The fraction of sp³-hybridized carbons (Fsp3) is 0.200. The van der Waals surface area contributed by atoms with Gasteiger partial charge in [0.25, 0.3) is 5.69 Å². The minimum Gasteiger partial charge on any atom is -0.496 e. The van der Waals surface area contributed by atoms with Crippen molar-refractivity contribution < 1.29 is 24.0 Å². The number of nitro benzene ring substituents is 1. The number of nitrogens with zero attached hydrogens (tertiary/aromatic N) is 1. The zero-order chi connectivity index (χ0) is 13.0. The molecule has 0 aromatic heterocycles. The summed E-state index contributed by atoms with van der Waals surface area (Å²) < 4.78 is 9.21. The van der Waals surface area contributed by atoms with Gasteiger partial charge in [-0.25, -0.2) is 4.79 Å². The fourth-order valence-electron chi connectivity index (χ4n) is 1.28. The molecule has 0 atom stereocenters. The van der Waals surface area contributed by atoms with Gasteiger partial charge in [0.05, 0.1) is 30.8 Å². The maximum absolute atomic E-state index is 11.3. The molecule has 0 N–H and O–H groups in total. The molecule has 7 nitrogen and oxygen atoms in total. The van der Waals surface area contributed by atoms with E-state index in [1.54, 1.807) is 0 Å². The summed E-state index contributed by atoms with van der Waals surface area (Å²) in [5, 5.41) is 10.8. The van der Waals surface area contributed by atoms with Crippen LogP contribution in [-0.2, 0) is 4.74 Å². The summed E-state index contributed by atoms with van der Waals surface area (Å²) in [4.78, 5) is 32.1. The molecule has 0 spiro atoms. The summed E-state index contributed by atoms with van der Waals surface area (Å²) in [5.41, 5.74) is -0.724. The maximum atomic E-state index is 11.3. The SMILES string of the molecule is COC(=O)c1cc(C=O)c(OC)cc1[N+](=O)[O-]. The van der Waals surface area contributed by atoms with Gasteiger partial charge in [-0.05, 0) is 6.07 Å². The Labute approximate surface area is 96.1 Å². The molecule has 0 aliphatic carbocycles. The molecule has 0 saturated carbocycles. The van der Waals surface area contributed by atoms with Crippen molar-refractivity contribution in [3.63, 3.8) is 0 Å². The highest BCUT2D eigenvalue weighted by Crippen LogP contribution is 2.28. The molecule has 1 rings (SSSR count). The molecular formula is C10H9NO6. The summed E-state index contributed by atoms with van der Waals surface area (Å²) in [6.45, 7) is 0. The van der Waals surface area contributed by atoms with E-state index in [4.69, 9.17) is 4.74 Å². The van der Waals surface area contributed by atoms with Crippen LogP contribution in [0.15, 0.2) is 12.1 Å². The standard InChI is InChI=1S/C10H9NO6/c1-16-9-4-8(11(14)15)7(10(13)17-2)3-6(9)5-12/h3-5H,1-2H3. The molecule has 0 heterocycles. The van der Waals surface area contributed by atoms with Crippen LogP contribution in [-0.4, -0.2) is 31.4 Å². The Morgan fingerprint density at radius 1 is 1.41 bits per heavy atom. The smallest absolute Gasteiger partial charge is 0.344 e. The van der Waals surface area contributed by atoms with E-state index < -0.39 is 16.6 Å². The molecule has 17 heavy (non-hydrogen) atoms. The normalized spacial score (nSPS) is 9.53. The third kappa shape index (κ3) is 2.39. The van der Waals surface area contributed by atoms with Crippen LogP contribution in [0.25, 0.3) is 0 Å². The van der Waals surface area contributed by atoms with Gasteiger partial charge in [-0.2, -0.15) is 0 Å². The van der Waals surface area contributed by atoms with Crippen molar-refractivity contribution >= 4 is 17.9 Å². The Morgan fingerprint density at radius 3 is 2.47 bits per heavy atom. The van der Waals surface area contributed by atoms with Gasteiger partial charge in [0.2, 0.25) is 0 Å². The van der Waals surface area contributed by atoms with Gasteiger partial charge >= 0.3 is 5.97 Å². The molecule has 0 radical (unpaired) electrons. The number of hydrogen-bond donors (Lipinski definition) is 0. The molecule has 1 aromatic carbocycles. The van der Waals surface area contributed by atoms with Crippen LogP contribution >= 0.6 is 0 Å². The van der Waals surface area contributed by atoms with Crippen molar-refractivity contribution in [2.45, 2.75) is 0 Å². The summed E-state index contributed by atoms with van der Waals surface area (Å²) in [7, 11) is 2.36. The molecule has 7 heteroatoms. The zero-order valence-electron chi connectivity index (χ0n) is 9.13. The van der Waals surface area contributed by atoms with E-state index in [0.29, 0.717) is 6.29 Å². The number of esters is 1. The van der Waals surface area contributed by atoms with Gasteiger partial charge in [0, 0.05) is 0 Å². The van der Waals surface area contributed by atoms with Crippen molar-refractivity contribution in [3.8, 4) is 5.75 Å². The summed E-state index contributed by atoms with van der Waals surface area (Å²) in [6.07, 6.45) is 0.439. The largest absolute Gasteiger partial charge is 0.496 e. The number of benzene rings is 1. The van der Waals surface area contributed by atoms with Crippen molar-refractivity contribution in [3.05, 3.63) is 33.4 Å². The average Bonchev–Trinajstić information content (AvgIpc) is 2.35. The monoisotopic (exact) mass is 239 g/mol. The number of hydrogen-bond acceptors (Lipinski definition) is 6. The van der Waals surface area contributed by atoms with Crippen LogP contribution in [0.5, 0.6) is 5.75 Å². The molecule has 0 saturated heterocycles. The second-order valence-corrected chi connectivity index (χ2v) is 2.98. The van der Waals surface area contributed by atoms with E-state index in [9.17, 15) is 19.7 Å². The number of aldehydes is 1. The number of methoxy groups -OCH3 is 2. The van der Waals surface area contributed by atoms with E-state index in [1.807, 2.05) is 0 Å². The number of rotatable bonds is 4. The highest BCUT2D eigenvalue weighted by Gasteiger charge is 2.24. The number of carbonyl (C=O) groups is 2. The van der Waals surface area contributed by atoms with E-state index >= 15 is 0 Å². The van der Waals surface area contributed by atoms with Gasteiger partial charge in [-0.3, -0.25) is 14.9 Å². The van der Waals surface area contributed by atoms with E-state index in [-0.39, 0.29) is 16.9 Å². The second kappa shape index (κ2) is 5.06. The first-order valence-corrected chi connectivity index (χ1v) is 4.45. The maximum Gasteiger partial charge on any atom is 0.344 e. The quantitative estimate of drug-likeness (QED) is 0.339. The molecular weight excluding hydrogens is 230 g/mol. The van der Waals surface area contributed by atoms with Gasteiger partial charge in [0.15, 0.2) is 6.29 Å². The molecule has 0 aliphatic rings. The van der Waals surface area contributed by atoms with Crippen molar-refractivity contribution in [1.82, 2.24) is 0 Å². The Kier molecular flexibility index (Phi) is 3.76. The highest BCUT2D eigenvalue weighted by atomic mass is 16.6. The van der Waals surface area contributed by atoms with Crippen LogP contribution in [0.1, 0.15) is 20.7 Å². The van der Waals surface area contributed by atoms with Crippen LogP contribution in [0.3, 0.4) is 0 Å². The zero-order valence-corrected chi connectivity index (χ0v) is 9.13. The minimum absolute atomic E-state index is 0.0272. The van der Waals surface area contributed by atoms with Gasteiger partial charge < -0.3 is 9.47 Å². The first-order chi connectivity index (χ1) is 8.04. The molecule has 0 unspecified atom stereocenters. The summed E-state index contributed by atoms with van der Waals surface area (Å²) >= 11 is 0. The molecule has 0 fully saturated rings. The first kappa shape index (κ1) is 12.6. The molecule has 1 aromatic rings. The van der Waals surface area contributed by atoms with Crippen LogP contribution in [0, 0.1) is 10.1 Å². The molecule has 0 aliphatic heterocycles. The number of ether oxygens (including phenoxy) is 2. The van der Waals surface area contributed by atoms with Crippen LogP contribution < -0.4 is 4.74 Å². The van der Waals surface area contributed by atoms with E-state index in [2.05, 4.69) is 4.74 Å². The summed E-state index contributed by atoms with van der Waals surface area (Å²) in [6, 6.07) is 2.08. The third-order valence-corrected chi connectivity index (χ3v) is 2.08. The van der Waals surface area contributed by atoms with Gasteiger partial charge in [0.1, 0.15) is 11.3 Å². The lowest BCUT2D eigenvalue weighted by atomic mass is 10.1. The van der Waals surface area contributed by atoms with Gasteiger partial charge in [-0.1, -0.05) is 0 Å². The van der Waals surface area contributed by atoms with Crippen LogP contribution in [0.2, 0.25) is 0 Å². The number of carbonyl (C=O) groups excluding carboxylic acids is 2. The van der Waals surface area contributed by atoms with Crippen molar-refractivity contribution in [2.75, 3.05) is 14.2 Å². The van der Waals surface area contributed by atoms with E-state index in [0.717, 1.165) is 19.2 Å². The summed E-state index contributed by atoms with van der Waals surface area (Å²) in [5.74, 6) is -0.859. The minimum atomic E-state index is -0.887. The third-order valence-electron chi connectivity index (χ3n) is 2.08. The van der Waals surface area contributed by atoms with E-state index in [1.165, 1.54) is 7.11 Å². The van der Waals surface area contributed by atoms with Crippen molar-refractivity contribution in [1.29, 1.82) is 0 Å². The molecule has 90 valence electrons. The average molecular weight is 239 g/mol. The predicted molar refractivity (Wildman–Crippen MR) is 56.4 cm³/mol. The topological polar surface area (TPSA) is 95.7 Å². The van der Waals surface area contributed by atoms with Crippen LogP contribution in [0.4, 0.5) is 5.69 Å². The lowest BCUT2D eigenvalue weighted by molar-refractivity contribution is -0.385. The lowest BCUT2D eigenvalue weighted by Gasteiger charge is -2.06. The predicted octanol–water partition coefficient (Wildman–Crippen LogP) is 1.20. The fourth-order valence-corrected chi connectivity index (χ4v) is 1.28.